The van der Waals surface area contributed by atoms with E-state index in [1.54, 1.807) is 11.4 Å². The number of aromatic nitrogens is 4. The van der Waals surface area contributed by atoms with Crippen LogP contribution in [0.25, 0.3) is 5.78 Å². The summed E-state index contributed by atoms with van der Waals surface area (Å²) in [7, 11) is 0. The van der Waals surface area contributed by atoms with E-state index in [1.165, 1.54) is 23.9 Å². The number of halogens is 2. The summed E-state index contributed by atoms with van der Waals surface area (Å²) >= 11 is 7.13. The summed E-state index contributed by atoms with van der Waals surface area (Å²) in [6.07, 6.45) is 0. The van der Waals surface area contributed by atoms with Gasteiger partial charge in [0.2, 0.25) is 11.1 Å². The first-order valence-electron chi connectivity index (χ1n) is 7.47. The quantitative estimate of drug-likeness (QED) is 0.700. The zero-order valence-corrected chi connectivity index (χ0v) is 15.3. The van der Waals surface area contributed by atoms with Crippen molar-refractivity contribution in [2.75, 3.05) is 5.32 Å². The van der Waals surface area contributed by atoms with Crippen LogP contribution >= 0.6 is 23.4 Å². The average molecular weight is 380 g/mol. The van der Waals surface area contributed by atoms with Crippen LogP contribution in [0.15, 0.2) is 29.4 Å². The molecule has 0 radical (unpaired) electrons. The SMILES string of the molecule is Cc1cc(C)n2nc(SC(C)C(=O)Nc3ccc(F)cc3Cl)nc2n1. The fourth-order valence-corrected chi connectivity index (χ4v) is 3.19. The van der Waals surface area contributed by atoms with Crippen LogP contribution in [0.5, 0.6) is 0 Å². The molecule has 2 heterocycles. The van der Waals surface area contributed by atoms with Crippen molar-refractivity contribution in [1.29, 1.82) is 0 Å². The van der Waals surface area contributed by atoms with Gasteiger partial charge in [0.15, 0.2) is 0 Å². The van der Waals surface area contributed by atoms with E-state index >= 15 is 0 Å². The molecule has 3 aromatic rings. The maximum Gasteiger partial charge on any atom is 0.253 e. The van der Waals surface area contributed by atoms with Gasteiger partial charge in [-0.25, -0.2) is 13.9 Å². The van der Waals surface area contributed by atoms with Crippen LogP contribution in [0.1, 0.15) is 18.3 Å². The summed E-state index contributed by atoms with van der Waals surface area (Å²) in [6.45, 7) is 5.53. The van der Waals surface area contributed by atoms with E-state index in [2.05, 4.69) is 20.4 Å². The fourth-order valence-electron chi connectivity index (χ4n) is 2.23. The predicted octanol–water partition coefficient (Wildman–Crippen LogP) is 3.65. The molecule has 0 fully saturated rings. The number of fused-ring (bicyclic) bond motifs is 1. The van der Waals surface area contributed by atoms with E-state index in [4.69, 9.17) is 11.6 Å². The van der Waals surface area contributed by atoms with Crippen LogP contribution in [-0.2, 0) is 4.79 Å². The summed E-state index contributed by atoms with van der Waals surface area (Å²) in [6, 6.07) is 5.71. The number of hydrogen-bond donors (Lipinski definition) is 1. The molecule has 1 aromatic carbocycles. The Morgan fingerprint density at radius 1 is 1.32 bits per heavy atom. The fraction of sp³-hybridized carbons (Fsp3) is 0.250. The van der Waals surface area contributed by atoms with Gasteiger partial charge in [0.1, 0.15) is 5.82 Å². The number of carbonyl (C=O) groups excluding carboxylic acids is 1. The van der Waals surface area contributed by atoms with E-state index in [9.17, 15) is 9.18 Å². The summed E-state index contributed by atoms with van der Waals surface area (Å²) in [4.78, 5) is 21.0. The van der Waals surface area contributed by atoms with E-state index in [1.807, 2.05) is 19.9 Å². The van der Waals surface area contributed by atoms with Gasteiger partial charge in [-0.3, -0.25) is 4.79 Å². The molecule has 0 saturated carbocycles. The van der Waals surface area contributed by atoms with Crippen molar-refractivity contribution in [1.82, 2.24) is 19.6 Å². The smallest absolute Gasteiger partial charge is 0.253 e. The molecule has 2 aromatic heterocycles. The normalized spacial score (nSPS) is 12.4. The molecule has 25 heavy (non-hydrogen) atoms. The highest BCUT2D eigenvalue weighted by Gasteiger charge is 2.19. The van der Waals surface area contributed by atoms with Crippen molar-refractivity contribution in [3.63, 3.8) is 0 Å². The Bertz CT molecular complexity index is 961. The monoisotopic (exact) mass is 379 g/mol. The van der Waals surface area contributed by atoms with Crippen molar-refractivity contribution in [3.05, 3.63) is 46.5 Å². The lowest BCUT2D eigenvalue weighted by atomic mass is 10.3. The maximum absolute atomic E-state index is 13.1. The molecule has 0 saturated heterocycles. The first kappa shape index (κ1) is 17.6. The zero-order valence-electron chi connectivity index (χ0n) is 13.7. The molecule has 1 unspecified atom stereocenters. The highest BCUT2D eigenvalue weighted by atomic mass is 35.5. The molecule has 1 atom stereocenters. The number of amides is 1. The molecule has 0 bridgehead atoms. The summed E-state index contributed by atoms with van der Waals surface area (Å²) in [5.74, 6) is -0.245. The van der Waals surface area contributed by atoms with E-state index in [0.29, 0.717) is 16.6 Å². The number of rotatable bonds is 4. The minimum Gasteiger partial charge on any atom is -0.324 e. The number of hydrogen-bond acceptors (Lipinski definition) is 5. The van der Waals surface area contributed by atoms with Gasteiger partial charge >= 0.3 is 0 Å². The van der Waals surface area contributed by atoms with Gasteiger partial charge in [0, 0.05) is 11.4 Å². The van der Waals surface area contributed by atoms with Gasteiger partial charge in [-0.15, -0.1) is 5.10 Å². The second-order valence-corrected chi connectivity index (χ2v) is 7.23. The number of benzene rings is 1. The Balaban J connectivity index is 1.74. The number of thioether (sulfide) groups is 1. The standard InChI is InChI=1S/C16H15ClFN5OS/c1-8-6-9(2)23-15(19-8)21-16(22-23)25-10(3)14(24)20-13-5-4-11(18)7-12(13)17/h4-7,10H,1-3H3,(H,20,24). The number of nitrogens with one attached hydrogen (secondary N) is 1. The van der Waals surface area contributed by atoms with Crippen LogP contribution in [0.4, 0.5) is 10.1 Å². The molecule has 0 spiro atoms. The Kier molecular flexibility index (Phi) is 4.91. The minimum absolute atomic E-state index is 0.145. The van der Waals surface area contributed by atoms with Crippen molar-refractivity contribution >= 4 is 40.7 Å². The third-order valence-corrected chi connectivity index (χ3v) is 4.70. The van der Waals surface area contributed by atoms with Crippen LogP contribution in [-0.4, -0.2) is 30.7 Å². The average Bonchev–Trinajstić information content (AvgIpc) is 2.92. The molecule has 0 aliphatic heterocycles. The van der Waals surface area contributed by atoms with Gasteiger partial charge in [0.25, 0.3) is 5.78 Å². The van der Waals surface area contributed by atoms with Crippen LogP contribution in [0.2, 0.25) is 5.02 Å². The van der Waals surface area contributed by atoms with Crippen molar-refractivity contribution in [2.24, 2.45) is 0 Å². The number of carbonyl (C=O) groups is 1. The van der Waals surface area contributed by atoms with Crippen LogP contribution in [0.3, 0.4) is 0 Å². The lowest BCUT2D eigenvalue weighted by Crippen LogP contribution is -2.22. The maximum atomic E-state index is 13.1. The highest BCUT2D eigenvalue weighted by molar-refractivity contribution is 8.00. The Morgan fingerprint density at radius 2 is 2.08 bits per heavy atom. The lowest BCUT2D eigenvalue weighted by molar-refractivity contribution is -0.115. The molecular formula is C16H15ClFN5OS. The van der Waals surface area contributed by atoms with Crippen molar-refractivity contribution < 1.29 is 9.18 Å². The molecule has 1 amide bonds. The second-order valence-electron chi connectivity index (χ2n) is 5.52. The van der Waals surface area contributed by atoms with Gasteiger partial charge in [-0.05, 0) is 45.0 Å². The lowest BCUT2D eigenvalue weighted by Gasteiger charge is -2.11. The van der Waals surface area contributed by atoms with Crippen LogP contribution < -0.4 is 5.32 Å². The topological polar surface area (TPSA) is 72.2 Å². The zero-order chi connectivity index (χ0) is 18.1. The summed E-state index contributed by atoms with van der Waals surface area (Å²) in [5.41, 5.74) is 2.12. The van der Waals surface area contributed by atoms with Gasteiger partial charge in [-0.1, -0.05) is 23.4 Å². The Hall–Kier alpha value is -2.19. The minimum atomic E-state index is -0.472. The third kappa shape index (κ3) is 3.91. The molecular weight excluding hydrogens is 365 g/mol. The predicted molar refractivity (Wildman–Crippen MR) is 95.6 cm³/mol. The van der Waals surface area contributed by atoms with Gasteiger partial charge in [-0.2, -0.15) is 4.98 Å². The number of anilines is 1. The van der Waals surface area contributed by atoms with E-state index in [0.717, 1.165) is 17.5 Å². The third-order valence-electron chi connectivity index (χ3n) is 3.44. The second kappa shape index (κ2) is 6.97. The number of nitrogens with zero attached hydrogens (tertiary/aromatic N) is 4. The van der Waals surface area contributed by atoms with Crippen molar-refractivity contribution in [3.8, 4) is 0 Å². The van der Waals surface area contributed by atoms with Crippen LogP contribution in [0, 0.1) is 19.7 Å². The van der Waals surface area contributed by atoms with Gasteiger partial charge in [0.05, 0.1) is 16.0 Å². The molecule has 1 N–H and O–H groups in total. The molecule has 0 aliphatic carbocycles. The van der Waals surface area contributed by atoms with Gasteiger partial charge < -0.3 is 5.32 Å². The first-order valence-corrected chi connectivity index (χ1v) is 8.73. The van der Waals surface area contributed by atoms with E-state index in [-0.39, 0.29) is 10.9 Å². The highest BCUT2D eigenvalue weighted by Crippen LogP contribution is 2.25. The summed E-state index contributed by atoms with van der Waals surface area (Å²) in [5, 5.41) is 7.16. The summed E-state index contributed by atoms with van der Waals surface area (Å²) < 4.78 is 14.7. The molecule has 130 valence electrons. The molecule has 0 aliphatic rings. The Morgan fingerprint density at radius 3 is 2.80 bits per heavy atom. The molecule has 6 nitrogen and oxygen atoms in total. The Labute approximate surface area is 152 Å². The molecule has 9 heteroatoms. The largest absolute Gasteiger partial charge is 0.324 e. The number of aryl methyl sites for hydroxylation is 2. The first-order chi connectivity index (χ1) is 11.8. The molecule has 3 rings (SSSR count). The van der Waals surface area contributed by atoms with Crippen molar-refractivity contribution in [2.45, 2.75) is 31.2 Å². The van der Waals surface area contributed by atoms with E-state index < -0.39 is 11.1 Å².